The van der Waals surface area contributed by atoms with Crippen molar-refractivity contribution in [1.29, 1.82) is 0 Å². The molecule has 0 bridgehead atoms. The van der Waals surface area contributed by atoms with Crippen molar-refractivity contribution in [2.45, 2.75) is 18.8 Å². The minimum Gasteiger partial charge on any atom is -0.321 e. The van der Waals surface area contributed by atoms with Gasteiger partial charge in [-0.3, -0.25) is 14.5 Å². The number of carbonyl (C=O) groups excluding carboxylic acids is 1. The molecule has 6 nitrogen and oxygen atoms in total. The summed E-state index contributed by atoms with van der Waals surface area (Å²) >= 11 is 7.39. The van der Waals surface area contributed by atoms with Crippen LogP contribution in [-0.4, -0.2) is 25.6 Å². The lowest BCUT2D eigenvalue weighted by molar-refractivity contribution is 0.103. The van der Waals surface area contributed by atoms with Crippen LogP contribution in [-0.2, 0) is 10.0 Å². The molecule has 3 aromatic rings. The maximum atomic E-state index is 12.7. The van der Waals surface area contributed by atoms with Crippen LogP contribution in [0.15, 0.2) is 48.0 Å². The van der Waals surface area contributed by atoms with Gasteiger partial charge in [0.15, 0.2) is 0 Å². The van der Waals surface area contributed by atoms with Crippen LogP contribution in [0.1, 0.15) is 34.0 Å². The molecule has 0 aliphatic heterocycles. The zero-order valence-electron chi connectivity index (χ0n) is 15.5. The van der Waals surface area contributed by atoms with Crippen molar-refractivity contribution >= 4 is 50.2 Å². The average molecular weight is 448 g/mol. The highest BCUT2D eigenvalue weighted by atomic mass is 35.5. The number of halogens is 1. The fourth-order valence-electron chi connectivity index (χ4n) is 3.09. The topological polar surface area (TPSA) is 88.2 Å². The number of sulfonamides is 1. The summed E-state index contributed by atoms with van der Waals surface area (Å²) in [7, 11) is -3.45. The third kappa shape index (κ3) is 4.95. The van der Waals surface area contributed by atoms with Crippen molar-refractivity contribution in [3.8, 4) is 11.3 Å². The van der Waals surface area contributed by atoms with Crippen LogP contribution >= 0.6 is 22.9 Å². The highest BCUT2D eigenvalue weighted by Crippen LogP contribution is 2.44. The van der Waals surface area contributed by atoms with Crippen LogP contribution in [0.25, 0.3) is 11.3 Å². The van der Waals surface area contributed by atoms with Crippen LogP contribution in [0, 0.1) is 0 Å². The predicted molar refractivity (Wildman–Crippen MR) is 117 cm³/mol. The lowest BCUT2D eigenvalue weighted by atomic mass is 10.0. The fourth-order valence-corrected chi connectivity index (χ4v) is 4.66. The van der Waals surface area contributed by atoms with Gasteiger partial charge in [0.25, 0.3) is 5.91 Å². The number of amides is 1. The van der Waals surface area contributed by atoms with E-state index in [1.54, 1.807) is 12.3 Å². The number of thiophene rings is 1. The normalized spacial score (nSPS) is 13.9. The summed E-state index contributed by atoms with van der Waals surface area (Å²) in [4.78, 5) is 17.7. The lowest BCUT2D eigenvalue weighted by Crippen LogP contribution is -2.12. The van der Waals surface area contributed by atoms with Crippen molar-refractivity contribution in [3.63, 3.8) is 0 Å². The van der Waals surface area contributed by atoms with Gasteiger partial charge in [-0.2, -0.15) is 0 Å². The minimum atomic E-state index is -3.45. The predicted octanol–water partition coefficient (Wildman–Crippen LogP) is 4.96. The average Bonchev–Trinajstić information content (AvgIpc) is 3.36. The highest BCUT2D eigenvalue weighted by Gasteiger charge is 2.27. The largest absolute Gasteiger partial charge is 0.321 e. The molecule has 29 heavy (non-hydrogen) atoms. The van der Waals surface area contributed by atoms with Crippen molar-refractivity contribution in [2.24, 2.45) is 0 Å². The van der Waals surface area contributed by atoms with E-state index in [-0.39, 0.29) is 11.6 Å². The molecule has 2 heterocycles. The standard InChI is InChI=1S/C20H18ClN3O3S2/c1-29(26,27)24-16-9-14(21)8-15(10-16)23-20(25)18-7-13(11-28-18)19-17(12-4-5-12)3-2-6-22-19/h2-3,6-12,24H,4-5H2,1H3,(H,23,25). The van der Waals surface area contributed by atoms with Crippen LogP contribution in [0.5, 0.6) is 0 Å². The van der Waals surface area contributed by atoms with Gasteiger partial charge < -0.3 is 5.32 Å². The summed E-state index contributed by atoms with van der Waals surface area (Å²) in [6.45, 7) is 0. The molecule has 0 unspecified atom stereocenters. The molecule has 1 saturated carbocycles. The first-order chi connectivity index (χ1) is 13.8. The minimum absolute atomic E-state index is 0.282. The molecule has 2 N–H and O–H groups in total. The molecule has 1 aliphatic rings. The summed E-state index contributed by atoms with van der Waals surface area (Å²) in [6, 6.07) is 10.4. The van der Waals surface area contributed by atoms with Crippen molar-refractivity contribution in [3.05, 3.63) is 63.4 Å². The van der Waals surface area contributed by atoms with E-state index in [9.17, 15) is 13.2 Å². The smallest absolute Gasteiger partial charge is 0.265 e. The number of hydrogen-bond donors (Lipinski definition) is 2. The van der Waals surface area contributed by atoms with Gasteiger partial charge in [0.2, 0.25) is 10.0 Å². The summed E-state index contributed by atoms with van der Waals surface area (Å²) < 4.78 is 25.2. The second kappa shape index (κ2) is 7.78. The van der Waals surface area contributed by atoms with Gasteiger partial charge in [-0.05, 0) is 54.7 Å². The molecular weight excluding hydrogens is 430 g/mol. The number of rotatable bonds is 6. The van der Waals surface area contributed by atoms with Gasteiger partial charge in [0.1, 0.15) is 0 Å². The number of carbonyl (C=O) groups is 1. The van der Waals surface area contributed by atoms with Crippen molar-refractivity contribution < 1.29 is 13.2 Å². The van der Waals surface area contributed by atoms with E-state index < -0.39 is 10.0 Å². The molecule has 1 fully saturated rings. The van der Waals surface area contributed by atoms with Crippen molar-refractivity contribution in [1.82, 2.24) is 4.98 Å². The molecule has 1 amide bonds. The Hall–Kier alpha value is -2.42. The van der Waals surface area contributed by atoms with Gasteiger partial charge in [0, 0.05) is 27.9 Å². The van der Waals surface area contributed by atoms with E-state index in [1.165, 1.54) is 41.9 Å². The van der Waals surface area contributed by atoms with Crippen LogP contribution in [0.2, 0.25) is 5.02 Å². The Morgan fingerprint density at radius 1 is 1.21 bits per heavy atom. The third-order valence-corrected chi connectivity index (χ3v) is 6.17. The molecule has 150 valence electrons. The van der Waals surface area contributed by atoms with Crippen LogP contribution in [0.3, 0.4) is 0 Å². The lowest BCUT2D eigenvalue weighted by Gasteiger charge is -2.09. The van der Waals surface area contributed by atoms with Gasteiger partial charge >= 0.3 is 0 Å². The number of hydrogen-bond acceptors (Lipinski definition) is 5. The Morgan fingerprint density at radius 2 is 1.97 bits per heavy atom. The molecule has 0 atom stereocenters. The monoisotopic (exact) mass is 447 g/mol. The van der Waals surface area contributed by atoms with E-state index in [4.69, 9.17) is 11.6 Å². The number of benzene rings is 1. The molecule has 0 spiro atoms. The highest BCUT2D eigenvalue weighted by molar-refractivity contribution is 7.92. The Kier molecular flexibility index (Phi) is 5.33. The molecule has 1 aromatic carbocycles. The molecular formula is C20H18ClN3O3S2. The van der Waals surface area contributed by atoms with Crippen LogP contribution < -0.4 is 10.0 Å². The number of pyridine rings is 1. The SMILES string of the molecule is CS(=O)(=O)Nc1cc(Cl)cc(NC(=O)c2cc(-c3ncccc3C3CC3)cs2)c1. The van der Waals surface area contributed by atoms with E-state index in [0.717, 1.165) is 17.5 Å². The molecule has 0 radical (unpaired) electrons. The quantitative estimate of drug-likeness (QED) is 0.558. The number of anilines is 2. The fraction of sp³-hybridized carbons (Fsp3) is 0.200. The van der Waals surface area contributed by atoms with Crippen molar-refractivity contribution in [2.75, 3.05) is 16.3 Å². The summed E-state index contributed by atoms with van der Waals surface area (Å²) in [5, 5.41) is 5.01. The Morgan fingerprint density at radius 3 is 2.69 bits per heavy atom. The Bertz CT molecular complexity index is 1190. The zero-order valence-corrected chi connectivity index (χ0v) is 17.9. The van der Waals surface area contributed by atoms with E-state index in [1.807, 2.05) is 17.5 Å². The van der Waals surface area contributed by atoms with Gasteiger partial charge in [0.05, 0.1) is 22.5 Å². The molecule has 2 aromatic heterocycles. The molecule has 4 rings (SSSR count). The number of aromatic nitrogens is 1. The first-order valence-electron chi connectivity index (χ1n) is 8.92. The van der Waals surface area contributed by atoms with Gasteiger partial charge in [-0.1, -0.05) is 17.7 Å². The van der Waals surface area contributed by atoms with Gasteiger partial charge in [-0.15, -0.1) is 11.3 Å². The number of nitrogens with zero attached hydrogens (tertiary/aromatic N) is 1. The summed E-state index contributed by atoms with van der Waals surface area (Å²) in [6.07, 6.45) is 5.16. The number of nitrogens with one attached hydrogen (secondary N) is 2. The van der Waals surface area contributed by atoms with Crippen LogP contribution in [0.4, 0.5) is 11.4 Å². The van der Waals surface area contributed by atoms with E-state index in [2.05, 4.69) is 21.1 Å². The molecule has 9 heteroatoms. The maximum absolute atomic E-state index is 12.7. The molecule has 1 aliphatic carbocycles. The maximum Gasteiger partial charge on any atom is 0.265 e. The van der Waals surface area contributed by atoms with Gasteiger partial charge in [-0.25, -0.2) is 8.42 Å². The second-order valence-electron chi connectivity index (χ2n) is 6.97. The van der Waals surface area contributed by atoms with E-state index >= 15 is 0 Å². The Balaban J connectivity index is 1.55. The zero-order chi connectivity index (χ0) is 20.6. The summed E-state index contributed by atoms with van der Waals surface area (Å²) in [5.41, 5.74) is 3.76. The summed E-state index contributed by atoms with van der Waals surface area (Å²) in [5.74, 6) is 0.265. The third-order valence-electron chi connectivity index (χ3n) is 4.41. The first kappa shape index (κ1) is 19.9. The molecule has 0 saturated heterocycles. The second-order valence-corrected chi connectivity index (χ2v) is 10.1. The Labute approximate surface area is 178 Å². The van der Waals surface area contributed by atoms with E-state index in [0.29, 0.717) is 21.5 Å². The first-order valence-corrected chi connectivity index (χ1v) is 12.1.